The number of pyridine rings is 1. The smallest absolute Gasteiger partial charge is 0.344 e. The lowest BCUT2D eigenvalue weighted by molar-refractivity contribution is -0.160. The lowest BCUT2D eigenvalue weighted by atomic mass is 9.86. The summed E-state index contributed by atoms with van der Waals surface area (Å²) in [5, 5.41) is 0.899. The first kappa shape index (κ1) is 15.7. The number of nitrogens with zero attached hydrogens (tertiary/aromatic N) is 1. The third kappa shape index (κ3) is 3.60. The summed E-state index contributed by atoms with van der Waals surface area (Å²) in [5.41, 5.74) is -0.964. The molecule has 0 unspecified atom stereocenters. The Balaban J connectivity index is 1.52. The molecule has 0 amide bonds. The second-order valence-electron chi connectivity index (χ2n) is 5.84. The molecule has 0 N–H and O–H groups in total. The Morgan fingerprint density at radius 1 is 1.13 bits per heavy atom. The highest BCUT2D eigenvalue weighted by molar-refractivity contribution is 5.84. The van der Waals surface area contributed by atoms with E-state index in [4.69, 9.17) is 9.47 Å². The van der Waals surface area contributed by atoms with Crippen molar-refractivity contribution in [3.8, 4) is 5.75 Å². The molecule has 0 bridgehead atoms. The van der Waals surface area contributed by atoms with Crippen LogP contribution >= 0.6 is 0 Å². The van der Waals surface area contributed by atoms with Gasteiger partial charge in [0.2, 0.25) is 5.67 Å². The maximum atomic E-state index is 14.4. The molecule has 2 aromatic rings. The Hall–Kier alpha value is -2.17. The highest BCUT2D eigenvalue weighted by atomic mass is 19.1. The zero-order chi connectivity index (χ0) is 16.1. The molecule has 1 fully saturated rings. The number of hydrogen-bond donors (Lipinski definition) is 0. The van der Waals surface area contributed by atoms with Gasteiger partial charge in [0, 0.05) is 11.6 Å². The summed E-state index contributed by atoms with van der Waals surface area (Å²) in [6.07, 6.45) is 4.67. The summed E-state index contributed by atoms with van der Waals surface area (Å²) in [5.74, 6) is -0.0698. The highest BCUT2D eigenvalue weighted by Crippen LogP contribution is 2.32. The van der Waals surface area contributed by atoms with Gasteiger partial charge in [0.05, 0.1) is 5.52 Å². The average Bonchev–Trinajstić information content (AvgIpc) is 2.59. The first-order valence-corrected chi connectivity index (χ1v) is 8.02. The number of halogens is 1. The van der Waals surface area contributed by atoms with Gasteiger partial charge in [-0.3, -0.25) is 4.98 Å². The molecule has 1 aromatic heterocycles. The molecule has 0 atom stereocenters. The topological polar surface area (TPSA) is 48.4 Å². The van der Waals surface area contributed by atoms with E-state index in [9.17, 15) is 9.18 Å². The minimum atomic E-state index is -1.80. The molecule has 0 aliphatic heterocycles. The van der Waals surface area contributed by atoms with Crippen molar-refractivity contribution < 1.29 is 18.7 Å². The maximum absolute atomic E-state index is 14.4. The van der Waals surface area contributed by atoms with Crippen LogP contribution in [0.3, 0.4) is 0 Å². The van der Waals surface area contributed by atoms with Crippen LogP contribution < -0.4 is 4.74 Å². The van der Waals surface area contributed by atoms with Crippen LogP contribution in [0.25, 0.3) is 10.9 Å². The number of aromatic nitrogens is 1. The number of rotatable bonds is 5. The molecule has 4 nitrogen and oxygen atoms in total. The van der Waals surface area contributed by atoms with Crippen LogP contribution in [0.2, 0.25) is 0 Å². The Morgan fingerprint density at radius 2 is 1.91 bits per heavy atom. The molecular weight excluding hydrogens is 297 g/mol. The van der Waals surface area contributed by atoms with Gasteiger partial charge in [-0.1, -0.05) is 18.6 Å². The number of alkyl halides is 1. The molecule has 1 aliphatic carbocycles. The van der Waals surface area contributed by atoms with E-state index >= 15 is 0 Å². The molecule has 0 saturated heterocycles. The van der Waals surface area contributed by atoms with Crippen molar-refractivity contribution >= 4 is 16.9 Å². The van der Waals surface area contributed by atoms with Gasteiger partial charge in [-0.15, -0.1) is 0 Å². The van der Waals surface area contributed by atoms with Crippen LogP contribution in [0.1, 0.15) is 32.1 Å². The number of para-hydroxylation sites is 1. The van der Waals surface area contributed by atoms with Crippen LogP contribution in [-0.2, 0) is 9.53 Å². The fourth-order valence-electron chi connectivity index (χ4n) is 2.93. The quantitative estimate of drug-likeness (QED) is 0.621. The van der Waals surface area contributed by atoms with Gasteiger partial charge in [0.1, 0.15) is 19.0 Å². The van der Waals surface area contributed by atoms with E-state index in [0.717, 1.165) is 30.2 Å². The summed E-state index contributed by atoms with van der Waals surface area (Å²) in [6, 6.07) is 9.40. The minimum Gasteiger partial charge on any atom is -0.489 e. The monoisotopic (exact) mass is 317 g/mol. The van der Waals surface area contributed by atoms with E-state index in [1.54, 1.807) is 12.3 Å². The van der Waals surface area contributed by atoms with Crippen LogP contribution in [0, 0.1) is 0 Å². The largest absolute Gasteiger partial charge is 0.489 e. The van der Waals surface area contributed by atoms with E-state index in [-0.39, 0.29) is 26.1 Å². The molecule has 122 valence electrons. The Kier molecular flexibility index (Phi) is 4.74. The number of carbonyl (C=O) groups is 1. The number of esters is 1. The molecule has 3 rings (SSSR count). The fourth-order valence-corrected chi connectivity index (χ4v) is 2.93. The molecule has 0 radical (unpaired) electrons. The summed E-state index contributed by atoms with van der Waals surface area (Å²) in [6.45, 7) is 0.233. The lowest BCUT2D eigenvalue weighted by Crippen LogP contribution is -2.38. The summed E-state index contributed by atoms with van der Waals surface area (Å²) in [7, 11) is 0. The maximum Gasteiger partial charge on any atom is 0.344 e. The van der Waals surface area contributed by atoms with E-state index in [1.807, 2.05) is 24.3 Å². The third-order valence-corrected chi connectivity index (χ3v) is 4.20. The van der Waals surface area contributed by atoms with Crippen LogP contribution in [0.15, 0.2) is 36.5 Å². The zero-order valence-corrected chi connectivity index (χ0v) is 13.0. The van der Waals surface area contributed by atoms with Gasteiger partial charge >= 0.3 is 5.97 Å². The number of carbonyl (C=O) groups excluding carboxylic acids is 1. The van der Waals surface area contributed by atoms with Crippen LogP contribution in [-0.4, -0.2) is 29.8 Å². The Bertz CT molecular complexity index is 678. The number of benzene rings is 1. The van der Waals surface area contributed by atoms with E-state index < -0.39 is 11.6 Å². The summed E-state index contributed by atoms with van der Waals surface area (Å²) < 4.78 is 25.1. The van der Waals surface area contributed by atoms with Crippen molar-refractivity contribution in [2.75, 3.05) is 13.2 Å². The van der Waals surface area contributed by atoms with E-state index in [2.05, 4.69) is 4.98 Å². The van der Waals surface area contributed by atoms with Crippen molar-refractivity contribution in [3.05, 3.63) is 36.5 Å². The van der Waals surface area contributed by atoms with Crippen molar-refractivity contribution in [1.29, 1.82) is 0 Å². The molecule has 23 heavy (non-hydrogen) atoms. The Morgan fingerprint density at radius 3 is 2.74 bits per heavy atom. The number of fused-ring (bicyclic) bond motifs is 1. The highest BCUT2D eigenvalue weighted by Gasteiger charge is 2.41. The van der Waals surface area contributed by atoms with Crippen molar-refractivity contribution in [3.63, 3.8) is 0 Å². The second-order valence-corrected chi connectivity index (χ2v) is 5.84. The zero-order valence-electron chi connectivity index (χ0n) is 13.0. The van der Waals surface area contributed by atoms with Gasteiger partial charge in [-0.05, 0) is 43.9 Å². The standard InChI is InChI=1S/C18H20FNO3/c19-18(9-4-1-5-10-18)17(21)23-13-12-22-16-8-11-20-15-7-3-2-6-14(15)16/h2-3,6-8,11H,1,4-5,9-10,12-13H2. The fraction of sp³-hybridized carbons (Fsp3) is 0.444. The van der Waals surface area contributed by atoms with Crippen LogP contribution in [0.4, 0.5) is 4.39 Å². The van der Waals surface area contributed by atoms with Gasteiger partial charge in [0.25, 0.3) is 0 Å². The van der Waals surface area contributed by atoms with Gasteiger partial charge in [-0.2, -0.15) is 0 Å². The summed E-state index contributed by atoms with van der Waals surface area (Å²) in [4.78, 5) is 16.1. The van der Waals surface area contributed by atoms with Gasteiger partial charge in [0.15, 0.2) is 0 Å². The Labute approximate surface area is 134 Å². The van der Waals surface area contributed by atoms with Gasteiger partial charge in [-0.25, -0.2) is 9.18 Å². The number of ether oxygens (including phenoxy) is 2. The SMILES string of the molecule is O=C(OCCOc1ccnc2ccccc12)C1(F)CCCCC1. The van der Waals surface area contributed by atoms with E-state index in [0.29, 0.717) is 5.75 Å². The first-order valence-electron chi connectivity index (χ1n) is 8.02. The minimum absolute atomic E-state index is 0.0428. The van der Waals surface area contributed by atoms with Crippen LogP contribution in [0.5, 0.6) is 5.75 Å². The molecule has 0 spiro atoms. The van der Waals surface area contributed by atoms with Crippen molar-refractivity contribution in [2.24, 2.45) is 0 Å². The van der Waals surface area contributed by atoms with E-state index in [1.165, 1.54) is 0 Å². The average molecular weight is 317 g/mol. The summed E-state index contributed by atoms with van der Waals surface area (Å²) >= 11 is 0. The molecule has 1 heterocycles. The number of hydrogen-bond acceptors (Lipinski definition) is 4. The first-order chi connectivity index (χ1) is 11.2. The predicted molar refractivity (Wildman–Crippen MR) is 85.1 cm³/mol. The lowest BCUT2D eigenvalue weighted by Gasteiger charge is -2.27. The molecule has 1 aromatic carbocycles. The second kappa shape index (κ2) is 6.94. The molecular formula is C18H20FNO3. The van der Waals surface area contributed by atoms with Crippen molar-refractivity contribution in [2.45, 2.75) is 37.8 Å². The van der Waals surface area contributed by atoms with Gasteiger partial charge < -0.3 is 9.47 Å². The normalized spacial score (nSPS) is 16.9. The molecule has 1 aliphatic rings. The molecule has 5 heteroatoms. The predicted octanol–water partition coefficient (Wildman–Crippen LogP) is 3.83. The molecule has 1 saturated carbocycles. The third-order valence-electron chi connectivity index (χ3n) is 4.20. The van der Waals surface area contributed by atoms with Crippen molar-refractivity contribution in [1.82, 2.24) is 4.98 Å².